The highest BCUT2D eigenvalue weighted by Crippen LogP contribution is 2.70. The van der Waals surface area contributed by atoms with E-state index in [1.54, 1.807) is 6.08 Å². The highest BCUT2D eigenvalue weighted by atomic mass is 32.2. The molecule has 22 heavy (non-hydrogen) atoms. The molecule has 1 heterocycles. The third-order valence-electron chi connectivity index (χ3n) is 6.92. The molecule has 0 N–H and O–H groups in total. The normalized spacial score (nSPS) is 38.8. The van der Waals surface area contributed by atoms with Gasteiger partial charge in [-0.2, -0.15) is 0 Å². The maximum atomic E-state index is 12.9. The van der Waals surface area contributed by atoms with E-state index in [9.17, 15) is 13.2 Å². The van der Waals surface area contributed by atoms with Crippen LogP contribution in [0.25, 0.3) is 0 Å². The smallest absolute Gasteiger partial charge is 0.239 e. The summed E-state index contributed by atoms with van der Waals surface area (Å²) in [6.45, 7) is 10.0. The first-order chi connectivity index (χ1) is 10.2. The Balaban J connectivity index is 2.00. The summed E-state index contributed by atoms with van der Waals surface area (Å²) in [6.07, 6.45) is 5.82. The predicted octanol–water partition coefficient (Wildman–Crippen LogP) is 2.96. The number of hydrogen-bond donors (Lipinski definition) is 0. The third-order valence-corrected chi connectivity index (χ3v) is 8.84. The maximum absolute atomic E-state index is 12.9. The molecule has 1 spiro atoms. The van der Waals surface area contributed by atoms with Gasteiger partial charge in [-0.1, -0.05) is 26.8 Å². The van der Waals surface area contributed by atoms with Gasteiger partial charge in [0.2, 0.25) is 15.9 Å². The molecule has 0 unspecified atom stereocenters. The lowest BCUT2D eigenvalue weighted by Gasteiger charge is -2.37. The van der Waals surface area contributed by atoms with E-state index in [-0.39, 0.29) is 34.4 Å². The molecular weight excluding hydrogens is 298 g/mol. The van der Waals surface area contributed by atoms with Gasteiger partial charge in [-0.3, -0.25) is 4.79 Å². The van der Waals surface area contributed by atoms with E-state index in [0.717, 1.165) is 19.3 Å². The molecule has 2 saturated carbocycles. The molecule has 0 aromatic carbocycles. The molecule has 0 radical (unpaired) electrons. The first-order valence-electron chi connectivity index (χ1n) is 8.38. The Hall–Kier alpha value is -0.840. The monoisotopic (exact) mass is 325 g/mol. The van der Waals surface area contributed by atoms with Crippen molar-refractivity contribution in [2.75, 3.05) is 5.75 Å². The van der Waals surface area contributed by atoms with Gasteiger partial charge in [0.15, 0.2) is 0 Å². The molecule has 3 aliphatic rings. The number of sulfonamides is 1. The Labute approximate surface area is 134 Å². The first kappa shape index (κ1) is 16.0. The molecule has 3 rings (SSSR count). The number of carbonyl (C=O) groups is 1. The molecule has 1 saturated heterocycles. The van der Waals surface area contributed by atoms with Crippen molar-refractivity contribution in [2.45, 2.75) is 58.9 Å². The van der Waals surface area contributed by atoms with Crippen LogP contribution < -0.4 is 0 Å². The second-order valence-corrected chi connectivity index (χ2v) is 9.73. The van der Waals surface area contributed by atoms with Crippen molar-refractivity contribution in [2.24, 2.45) is 22.7 Å². The Morgan fingerprint density at radius 2 is 2.14 bits per heavy atom. The van der Waals surface area contributed by atoms with Crippen molar-refractivity contribution in [3.63, 3.8) is 0 Å². The van der Waals surface area contributed by atoms with Crippen LogP contribution >= 0.6 is 0 Å². The standard InChI is InChI=1S/C17H27NO3S/c1-5-7-12(6-2)15(19)18-14-10-13-8-9-17(14,16(13,3)4)11-22(18,20)21/h5,12-14H,1,6-11H2,2-4H3/t12-,13+,14+,17+/m1/s1. The Bertz CT molecular complexity index is 609. The number of hydrogen-bond acceptors (Lipinski definition) is 3. The van der Waals surface area contributed by atoms with Crippen molar-refractivity contribution in [3.05, 3.63) is 12.7 Å². The van der Waals surface area contributed by atoms with E-state index in [1.807, 2.05) is 6.92 Å². The number of carbonyl (C=O) groups excluding carboxylic acids is 1. The Morgan fingerprint density at radius 3 is 2.68 bits per heavy atom. The van der Waals surface area contributed by atoms with E-state index in [2.05, 4.69) is 20.4 Å². The zero-order valence-corrected chi connectivity index (χ0v) is 14.7. The largest absolute Gasteiger partial charge is 0.273 e. The summed E-state index contributed by atoms with van der Waals surface area (Å²) < 4.78 is 26.9. The second kappa shape index (κ2) is 4.83. The van der Waals surface area contributed by atoms with Gasteiger partial charge in [0.25, 0.3) is 0 Å². The molecule has 0 aromatic rings. The molecule has 5 heteroatoms. The number of amides is 1. The van der Waals surface area contributed by atoms with Crippen LogP contribution in [0, 0.1) is 22.7 Å². The summed E-state index contributed by atoms with van der Waals surface area (Å²) in [5.74, 6) is 0.241. The van der Waals surface area contributed by atoms with Crippen LogP contribution in [0.4, 0.5) is 0 Å². The van der Waals surface area contributed by atoms with Crippen molar-refractivity contribution in [1.82, 2.24) is 4.31 Å². The maximum Gasteiger partial charge on any atom is 0.239 e. The number of rotatable bonds is 4. The van der Waals surface area contributed by atoms with Crippen LogP contribution in [0.2, 0.25) is 0 Å². The van der Waals surface area contributed by atoms with Gasteiger partial charge in [0, 0.05) is 11.3 Å². The minimum Gasteiger partial charge on any atom is -0.273 e. The average molecular weight is 325 g/mol. The summed E-state index contributed by atoms with van der Waals surface area (Å²) in [7, 11) is -3.48. The van der Waals surface area contributed by atoms with Crippen molar-refractivity contribution >= 4 is 15.9 Å². The van der Waals surface area contributed by atoms with E-state index in [4.69, 9.17) is 0 Å². The lowest BCUT2D eigenvalue weighted by atomic mass is 9.69. The number of fused-ring (bicyclic) bond motifs is 1. The lowest BCUT2D eigenvalue weighted by molar-refractivity contribution is -0.133. The first-order valence-corrected chi connectivity index (χ1v) is 9.99. The zero-order valence-electron chi connectivity index (χ0n) is 13.8. The van der Waals surface area contributed by atoms with Crippen LogP contribution in [0.3, 0.4) is 0 Å². The van der Waals surface area contributed by atoms with Gasteiger partial charge >= 0.3 is 0 Å². The predicted molar refractivity (Wildman–Crippen MR) is 86.6 cm³/mol. The van der Waals surface area contributed by atoms with Crippen molar-refractivity contribution in [3.8, 4) is 0 Å². The van der Waals surface area contributed by atoms with Gasteiger partial charge in [0.05, 0.1) is 11.8 Å². The molecule has 4 atom stereocenters. The van der Waals surface area contributed by atoms with Crippen LogP contribution in [0.5, 0.6) is 0 Å². The molecular formula is C17H27NO3S. The van der Waals surface area contributed by atoms with E-state index < -0.39 is 10.0 Å². The van der Waals surface area contributed by atoms with Crippen LogP contribution in [0.15, 0.2) is 12.7 Å². The van der Waals surface area contributed by atoms with Gasteiger partial charge < -0.3 is 0 Å². The average Bonchev–Trinajstić information content (AvgIpc) is 2.90. The van der Waals surface area contributed by atoms with Crippen LogP contribution in [0.1, 0.15) is 52.9 Å². The molecule has 1 aliphatic heterocycles. The summed E-state index contributed by atoms with van der Waals surface area (Å²) in [6, 6.07) is -0.113. The van der Waals surface area contributed by atoms with Gasteiger partial charge in [0.1, 0.15) is 0 Å². The Morgan fingerprint density at radius 1 is 1.45 bits per heavy atom. The number of nitrogens with zero attached hydrogens (tertiary/aromatic N) is 1. The zero-order chi connectivity index (χ0) is 16.3. The van der Waals surface area contributed by atoms with Crippen LogP contribution in [-0.4, -0.2) is 30.4 Å². The minimum atomic E-state index is -3.48. The van der Waals surface area contributed by atoms with E-state index >= 15 is 0 Å². The topological polar surface area (TPSA) is 54.5 Å². The molecule has 2 aliphatic carbocycles. The van der Waals surface area contributed by atoms with Crippen molar-refractivity contribution in [1.29, 1.82) is 0 Å². The Kier molecular flexibility index (Phi) is 3.52. The molecule has 0 aromatic heterocycles. The van der Waals surface area contributed by atoms with Gasteiger partial charge in [-0.05, 0) is 43.4 Å². The molecule has 2 bridgehead atoms. The SMILES string of the molecule is C=CC[C@@H](CC)C(=O)N1[C@H]2C[C@@H]3CC[C@@]2(CS1(=O)=O)C3(C)C. The van der Waals surface area contributed by atoms with Gasteiger partial charge in [-0.15, -0.1) is 6.58 Å². The quantitative estimate of drug-likeness (QED) is 0.747. The highest BCUT2D eigenvalue weighted by Gasteiger charge is 2.72. The van der Waals surface area contributed by atoms with Crippen molar-refractivity contribution < 1.29 is 13.2 Å². The summed E-state index contributed by atoms with van der Waals surface area (Å²) in [4.78, 5) is 12.9. The minimum absolute atomic E-state index is 0.0138. The summed E-state index contributed by atoms with van der Waals surface area (Å²) >= 11 is 0. The lowest BCUT2D eigenvalue weighted by Crippen LogP contribution is -2.46. The molecule has 4 nitrogen and oxygen atoms in total. The third kappa shape index (κ3) is 1.81. The summed E-state index contributed by atoms with van der Waals surface area (Å²) in [5.41, 5.74) is -0.210. The fraction of sp³-hybridized carbons (Fsp3) is 0.824. The van der Waals surface area contributed by atoms with E-state index in [1.165, 1.54) is 4.31 Å². The van der Waals surface area contributed by atoms with E-state index in [0.29, 0.717) is 18.8 Å². The molecule has 124 valence electrons. The highest BCUT2D eigenvalue weighted by molar-refractivity contribution is 7.90. The second-order valence-electron chi connectivity index (χ2n) is 7.88. The molecule has 1 amide bonds. The fourth-order valence-electron chi connectivity index (χ4n) is 5.40. The van der Waals surface area contributed by atoms with Crippen LogP contribution in [-0.2, 0) is 14.8 Å². The molecule has 3 fully saturated rings. The van der Waals surface area contributed by atoms with Gasteiger partial charge in [-0.25, -0.2) is 12.7 Å². The fourth-order valence-corrected chi connectivity index (χ4v) is 8.00. The summed E-state index contributed by atoms with van der Waals surface area (Å²) in [5, 5.41) is 0. The number of allylic oxidation sites excluding steroid dienone is 1.